The Morgan fingerprint density at radius 3 is 2.30 bits per heavy atom. The first-order chi connectivity index (χ1) is 9.59. The fraction of sp³-hybridized carbons (Fsp3) is 0.294. The molecule has 0 atom stereocenters. The zero-order valence-electron chi connectivity index (χ0n) is 11.4. The van der Waals surface area contributed by atoms with E-state index in [0.717, 1.165) is 22.6 Å². The third kappa shape index (κ3) is 3.50. The SMILES string of the molecule is Cc1cccc(CC(CBr)(CBr)c2cccc(F)c2)c1. The van der Waals surface area contributed by atoms with Gasteiger partial charge in [-0.05, 0) is 36.6 Å². The Kier molecular flexibility index (Phi) is 5.39. The van der Waals surface area contributed by atoms with Crippen LogP contribution in [0.3, 0.4) is 0 Å². The van der Waals surface area contributed by atoms with Crippen molar-refractivity contribution in [2.24, 2.45) is 0 Å². The summed E-state index contributed by atoms with van der Waals surface area (Å²) in [5.74, 6) is -0.182. The Balaban J connectivity index is 2.39. The van der Waals surface area contributed by atoms with E-state index in [1.165, 1.54) is 17.2 Å². The van der Waals surface area contributed by atoms with Gasteiger partial charge in [-0.1, -0.05) is 73.8 Å². The molecule has 0 aromatic heterocycles. The smallest absolute Gasteiger partial charge is 0.123 e. The molecule has 0 aliphatic rings. The lowest BCUT2D eigenvalue weighted by Crippen LogP contribution is -2.33. The third-order valence-electron chi connectivity index (χ3n) is 3.57. The lowest BCUT2D eigenvalue weighted by atomic mass is 9.79. The molecule has 3 heteroatoms. The Bertz CT molecular complexity index is 577. The Hall–Kier alpha value is -0.670. The maximum absolute atomic E-state index is 13.5. The summed E-state index contributed by atoms with van der Waals surface area (Å²) in [6, 6.07) is 15.4. The van der Waals surface area contributed by atoms with Crippen LogP contribution in [0.15, 0.2) is 48.5 Å². The van der Waals surface area contributed by atoms with Crippen LogP contribution in [-0.2, 0) is 11.8 Å². The maximum atomic E-state index is 13.5. The number of hydrogen-bond acceptors (Lipinski definition) is 0. The van der Waals surface area contributed by atoms with Crippen LogP contribution in [0, 0.1) is 12.7 Å². The molecule has 0 amide bonds. The zero-order valence-corrected chi connectivity index (χ0v) is 14.5. The van der Waals surface area contributed by atoms with E-state index in [4.69, 9.17) is 0 Å². The Labute approximate surface area is 136 Å². The molecule has 20 heavy (non-hydrogen) atoms. The molecule has 0 saturated heterocycles. The molecule has 0 aliphatic heterocycles. The first kappa shape index (κ1) is 15.7. The fourth-order valence-electron chi connectivity index (χ4n) is 2.42. The van der Waals surface area contributed by atoms with Crippen molar-refractivity contribution in [1.29, 1.82) is 0 Å². The maximum Gasteiger partial charge on any atom is 0.123 e. The molecule has 2 aromatic carbocycles. The van der Waals surface area contributed by atoms with Crippen LogP contribution in [0.4, 0.5) is 4.39 Å². The molecule has 0 bridgehead atoms. The summed E-state index contributed by atoms with van der Waals surface area (Å²) in [4.78, 5) is 0. The molecule has 0 aliphatic carbocycles. The standard InChI is InChI=1S/C17H17Br2F/c1-13-4-2-5-14(8-13)10-17(11-18,12-19)15-6-3-7-16(20)9-15/h2-9H,10-12H2,1H3. The quantitative estimate of drug-likeness (QED) is 0.590. The minimum Gasteiger partial charge on any atom is -0.207 e. The summed E-state index contributed by atoms with van der Waals surface area (Å²) in [6.07, 6.45) is 0.870. The minimum absolute atomic E-state index is 0.143. The highest BCUT2D eigenvalue weighted by atomic mass is 79.9. The highest BCUT2D eigenvalue weighted by molar-refractivity contribution is 9.09. The minimum atomic E-state index is -0.182. The average molecular weight is 400 g/mol. The van der Waals surface area contributed by atoms with E-state index in [1.54, 1.807) is 12.1 Å². The van der Waals surface area contributed by atoms with Crippen molar-refractivity contribution in [3.8, 4) is 0 Å². The molecular formula is C17H17Br2F. The molecule has 0 N–H and O–H groups in total. The van der Waals surface area contributed by atoms with Crippen molar-refractivity contribution >= 4 is 31.9 Å². The van der Waals surface area contributed by atoms with E-state index in [0.29, 0.717) is 0 Å². The molecule has 0 nitrogen and oxygen atoms in total. The van der Waals surface area contributed by atoms with Gasteiger partial charge in [0.2, 0.25) is 0 Å². The molecule has 106 valence electrons. The predicted molar refractivity (Wildman–Crippen MR) is 90.5 cm³/mol. The lowest BCUT2D eigenvalue weighted by Gasteiger charge is -2.31. The van der Waals surface area contributed by atoms with Crippen LogP contribution in [0.2, 0.25) is 0 Å². The molecule has 0 unspecified atom stereocenters. The molecule has 2 rings (SSSR count). The van der Waals surface area contributed by atoms with E-state index in [2.05, 4.69) is 63.0 Å². The Morgan fingerprint density at radius 1 is 1.00 bits per heavy atom. The summed E-state index contributed by atoms with van der Waals surface area (Å²) in [7, 11) is 0. The molecule has 0 radical (unpaired) electrons. The summed E-state index contributed by atoms with van der Waals surface area (Å²) in [5, 5.41) is 1.56. The summed E-state index contributed by atoms with van der Waals surface area (Å²) >= 11 is 7.24. The van der Waals surface area contributed by atoms with Gasteiger partial charge < -0.3 is 0 Å². The van der Waals surface area contributed by atoms with Gasteiger partial charge in [-0.25, -0.2) is 4.39 Å². The molecule has 0 fully saturated rings. The van der Waals surface area contributed by atoms with Gasteiger partial charge in [-0.3, -0.25) is 0 Å². The van der Waals surface area contributed by atoms with Crippen molar-refractivity contribution in [1.82, 2.24) is 0 Å². The first-order valence-corrected chi connectivity index (χ1v) is 8.77. The van der Waals surface area contributed by atoms with Gasteiger partial charge in [-0.15, -0.1) is 0 Å². The summed E-state index contributed by atoms with van der Waals surface area (Å²) < 4.78 is 13.5. The van der Waals surface area contributed by atoms with Crippen LogP contribution < -0.4 is 0 Å². The monoisotopic (exact) mass is 398 g/mol. The average Bonchev–Trinajstić information content (AvgIpc) is 2.45. The van der Waals surface area contributed by atoms with Crippen LogP contribution in [0.1, 0.15) is 16.7 Å². The van der Waals surface area contributed by atoms with Crippen LogP contribution in [0.5, 0.6) is 0 Å². The number of alkyl halides is 2. The summed E-state index contributed by atoms with van der Waals surface area (Å²) in [5.41, 5.74) is 3.40. The topological polar surface area (TPSA) is 0 Å². The van der Waals surface area contributed by atoms with Crippen molar-refractivity contribution in [3.05, 3.63) is 71.0 Å². The number of aryl methyl sites for hydroxylation is 1. The van der Waals surface area contributed by atoms with Gasteiger partial charge in [0.1, 0.15) is 5.82 Å². The van der Waals surface area contributed by atoms with E-state index in [9.17, 15) is 4.39 Å². The molecule has 0 saturated carbocycles. The normalized spacial score (nSPS) is 11.6. The Morgan fingerprint density at radius 2 is 1.70 bits per heavy atom. The highest BCUT2D eigenvalue weighted by Gasteiger charge is 2.30. The van der Waals surface area contributed by atoms with Crippen molar-refractivity contribution in [2.75, 3.05) is 10.7 Å². The van der Waals surface area contributed by atoms with E-state index < -0.39 is 0 Å². The van der Waals surface area contributed by atoms with Crippen LogP contribution in [-0.4, -0.2) is 10.7 Å². The summed E-state index contributed by atoms with van der Waals surface area (Å²) in [6.45, 7) is 2.09. The van der Waals surface area contributed by atoms with Gasteiger partial charge in [0.15, 0.2) is 0 Å². The number of halogens is 3. The second kappa shape index (κ2) is 6.86. The van der Waals surface area contributed by atoms with Crippen molar-refractivity contribution < 1.29 is 4.39 Å². The highest BCUT2D eigenvalue weighted by Crippen LogP contribution is 2.33. The fourth-order valence-corrected chi connectivity index (χ4v) is 4.39. The van der Waals surface area contributed by atoms with Gasteiger partial charge in [-0.2, -0.15) is 0 Å². The molecule has 0 spiro atoms. The van der Waals surface area contributed by atoms with E-state index in [-0.39, 0.29) is 11.2 Å². The van der Waals surface area contributed by atoms with E-state index >= 15 is 0 Å². The first-order valence-electron chi connectivity index (χ1n) is 6.53. The van der Waals surface area contributed by atoms with Crippen molar-refractivity contribution in [2.45, 2.75) is 18.8 Å². The second-order valence-electron chi connectivity index (χ2n) is 5.22. The van der Waals surface area contributed by atoms with Gasteiger partial charge in [0.25, 0.3) is 0 Å². The van der Waals surface area contributed by atoms with E-state index in [1.807, 2.05) is 6.07 Å². The van der Waals surface area contributed by atoms with Crippen LogP contribution in [0.25, 0.3) is 0 Å². The second-order valence-corrected chi connectivity index (χ2v) is 6.35. The van der Waals surface area contributed by atoms with Gasteiger partial charge in [0, 0.05) is 16.1 Å². The number of hydrogen-bond donors (Lipinski definition) is 0. The van der Waals surface area contributed by atoms with Crippen molar-refractivity contribution in [3.63, 3.8) is 0 Å². The predicted octanol–water partition coefficient (Wildman–Crippen LogP) is 5.40. The molecule has 0 heterocycles. The third-order valence-corrected chi connectivity index (χ3v) is 5.72. The molecular weight excluding hydrogens is 383 g/mol. The zero-order chi connectivity index (χ0) is 14.6. The number of benzene rings is 2. The van der Waals surface area contributed by atoms with Crippen LogP contribution >= 0.6 is 31.9 Å². The molecule has 2 aromatic rings. The lowest BCUT2D eigenvalue weighted by molar-refractivity contribution is 0.541. The largest absolute Gasteiger partial charge is 0.207 e. The van der Waals surface area contributed by atoms with Gasteiger partial charge >= 0.3 is 0 Å². The van der Waals surface area contributed by atoms with Gasteiger partial charge in [0.05, 0.1) is 0 Å². The number of rotatable bonds is 5.